The van der Waals surface area contributed by atoms with E-state index in [4.69, 9.17) is 4.74 Å². The van der Waals surface area contributed by atoms with Gasteiger partial charge in [-0.05, 0) is 44.5 Å². The summed E-state index contributed by atoms with van der Waals surface area (Å²) >= 11 is 0. The Bertz CT molecular complexity index is 729. The topological polar surface area (TPSA) is 73.5 Å². The molecule has 2 N–H and O–H groups in total. The van der Waals surface area contributed by atoms with Gasteiger partial charge in [0.15, 0.2) is 0 Å². The first-order valence-electron chi connectivity index (χ1n) is 9.63. The number of aromatic amines is 1. The number of anilines is 2. The van der Waals surface area contributed by atoms with E-state index < -0.39 is 0 Å². The Morgan fingerprint density at radius 2 is 1.89 bits per heavy atom. The van der Waals surface area contributed by atoms with E-state index in [0.717, 1.165) is 61.1 Å². The van der Waals surface area contributed by atoms with Crippen LogP contribution in [0.15, 0.2) is 24.3 Å². The molecule has 2 aromatic rings. The molecule has 0 saturated carbocycles. The summed E-state index contributed by atoms with van der Waals surface area (Å²) in [6.45, 7) is 9.89. The number of hydrogen-bond acceptors (Lipinski definition) is 4. The van der Waals surface area contributed by atoms with E-state index in [-0.39, 0.29) is 6.03 Å². The molecule has 3 rings (SSSR count). The number of benzene rings is 1. The van der Waals surface area contributed by atoms with Crippen molar-refractivity contribution in [1.82, 2.24) is 15.1 Å². The van der Waals surface area contributed by atoms with Crippen LogP contribution in [-0.4, -0.2) is 53.9 Å². The van der Waals surface area contributed by atoms with Crippen LogP contribution in [0.5, 0.6) is 5.75 Å². The van der Waals surface area contributed by atoms with Crippen molar-refractivity contribution >= 4 is 17.4 Å². The summed E-state index contributed by atoms with van der Waals surface area (Å²) in [4.78, 5) is 16.7. The molecule has 146 valence electrons. The number of aromatic nitrogens is 2. The lowest BCUT2D eigenvalue weighted by Gasteiger charge is -2.36. The molecule has 1 saturated heterocycles. The Kier molecular flexibility index (Phi) is 6.21. The zero-order chi connectivity index (χ0) is 19.2. The number of ether oxygens (including phenoxy) is 1. The first-order valence-corrected chi connectivity index (χ1v) is 9.63. The third-order valence-electron chi connectivity index (χ3n) is 4.84. The van der Waals surface area contributed by atoms with E-state index in [1.807, 2.05) is 43.0 Å². The third-order valence-corrected chi connectivity index (χ3v) is 4.84. The van der Waals surface area contributed by atoms with Gasteiger partial charge >= 0.3 is 6.03 Å². The second-order valence-electron chi connectivity index (χ2n) is 6.91. The van der Waals surface area contributed by atoms with Gasteiger partial charge in [-0.3, -0.25) is 5.10 Å². The summed E-state index contributed by atoms with van der Waals surface area (Å²) in [5.41, 5.74) is 4.03. The largest absolute Gasteiger partial charge is 0.494 e. The van der Waals surface area contributed by atoms with Crippen molar-refractivity contribution in [3.63, 3.8) is 0 Å². The number of urea groups is 1. The van der Waals surface area contributed by atoms with Gasteiger partial charge in [-0.15, -0.1) is 0 Å². The van der Waals surface area contributed by atoms with Crippen LogP contribution < -0.4 is 15.0 Å². The highest BCUT2D eigenvalue weighted by atomic mass is 16.5. The van der Waals surface area contributed by atoms with Crippen LogP contribution in [0.25, 0.3) is 0 Å². The summed E-state index contributed by atoms with van der Waals surface area (Å²) in [7, 11) is 0. The number of unbranched alkanes of at least 4 members (excludes halogenated alkanes) is 1. The van der Waals surface area contributed by atoms with Crippen LogP contribution in [0.3, 0.4) is 0 Å². The lowest BCUT2D eigenvalue weighted by atomic mass is 10.2. The van der Waals surface area contributed by atoms with E-state index in [2.05, 4.69) is 27.3 Å². The van der Waals surface area contributed by atoms with Crippen molar-refractivity contribution in [2.24, 2.45) is 0 Å². The van der Waals surface area contributed by atoms with Gasteiger partial charge in [0.05, 0.1) is 23.7 Å². The van der Waals surface area contributed by atoms with Gasteiger partial charge < -0.3 is 19.9 Å². The number of amides is 2. The molecule has 0 bridgehead atoms. The number of carbonyl (C=O) groups is 1. The van der Waals surface area contributed by atoms with E-state index in [0.29, 0.717) is 13.1 Å². The summed E-state index contributed by atoms with van der Waals surface area (Å²) in [6, 6.07) is 7.50. The highest BCUT2D eigenvalue weighted by Crippen LogP contribution is 2.23. The van der Waals surface area contributed by atoms with Gasteiger partial charge in [0, 0.05) is 31.9 Å². The van der Waals surface area contributed by atoms with E-state index in [1.165, 1.54) is 0 Å². The van der Waals surface area contributed by atoms with Crippen molar-refractivity contribution in [2.45, 2.75) is 33.6 Å². The van der Waals surface area contributed by atoms with Gasteiger partial charge in [0.1, 0.15) is 5.75 Å². The Hall–Kier alpha value is -2.70. The number of aryl methyl sites for hydroxylation is 2. The zero-order valence-electron chi connectivity index (χ0n) is 16.4. The molecule has 2 heterocycles. The Morgan fingerprint density at radius 1 is 1.19 bits per heavy atom. The van der Waals surface area contributed by atoms with Crippen LogP contribution in [0, 0.1) is 13.8 Å². The highest BCUT2D eigenvalue weighted by Gasteiger charge is 2.24. The fraction of sp³-hybridized carbons (Fsp3) is 0.500. The average molecular weight is 371 g/mol. The lowest BCUT2D eigenvalue weighted by molar-refractivity contribution is 0.208. The molecule has 1 aliphatic heterocycles. The molecule has 7 heteroatoms. The van der Waals surface area contributed by atoms with Crippen LogP contribution in [0.4, 0.5) is 16.2 Å². The molecule has 0 spiro atoms. The highest BCUT2D eigenvalue weighted by molar-refractivity contribution is 5.89. The van der Waals surface area contributed by atoms with Gasteiger partial charge in [-0.25, -0.2) is 4.79 Å². The first-order chi connectivity index (χ1) is 13.1. The molecular weight excluding hydrogens is 342 g/mol. The summed E-state index contributed by atoms with van der Waals surface area (Å²) in [5.74, 6) is 0.834. The predicted octanol–water partition coefficient (Wildman–Crippen LogP) is 3.56. The Labute approximate surface area is 160 Å². The average Bonchev–Trinajstić information content (AvgIpc) is 3.02. The molecule has 7 nitrogen and oxygen atoms in total. The molecule has 1 fully saturated rings. The normalized spacial score (nSPS) is 14.3. The fourth-order valence-corrected chi connectivity index (χ4v) is 3.32. The fourth-order valence-electron chi connectivity index (χ4n) is 3.32. The molecule has 27 heavy (non-hydrogen) atoms. The van der Waals surface area contributed by atoms with Gasteiger partial charge in [0.2, 0.25) is 0 Å². The second-order valence-corrected chi connectivity index (χ2v) is 6.91. The number of nitrogens with one attached hydrogen (secondary N) is 2. The molecule has 1 aromatic carbocycles. The minimum atomic E-state index is -0.0602. The van der Waals surface area contributed by atoms with Crippen molar-refractivity contribution in [3.8, 4) is 5.75 Å². The molecule has 2 amide bonds. The van der Waals surface area contributed by atoms with Crippen LogP contribution in [-0.2, 0) is 0 Å². The molecular formula is C20H29N5O2. The van der Waals surface area contributed by atoms with Crippen LogP contribution in [0.1, 0.15) is 31.2 Å². The summed E-state index contributed by atoms with van der Waals surface area (Å²) in [5, 5.41) is 10.3. The first kappa shape index (κ1) is 19.1. The van der Waals surface area contributed by atoms with Crippen molar-refractivity contribution < 1.29 is 9.53 Å². The molecule has 0 aliphatic carbocycles. The molecule has 0 unspecified atom stereocenters. The third kappa shape index (κ3) is 4.72. The van der Waals surface area contributed by atoms with E-state index in [1.54, 1.807) is 0 Å². The maximum Gasteiger partial charge on any atom is 0.321 e. The smallest absolute Gasteiger partial charge is 0.321 e. The summed E-state index contributed by atoms with van der Waals surface area (Å²) in [6.07, 6.45) is 2.16. The van der Waals surface area contributed by atoms with Crippen LogP contribution >= 0.6 is 0 Å². The Balaban J connectivity index is 1.49. The van der Waals surface area contributed by atoms with E-state index >= 15 is 0 Å². The van der Waals surface area contributed by atoms with Gasteiger partial charge in [-0.1, -0.05) is 13.3 Å². The van der Waals surface area contributed by atoms with Crippen molar-refractivity contribution in [3.05, 3.63) is 35.7 Å². The number of rotatable bonds is 6. The number of carbonyl (C=O) groups excluding carboxylic acids is 1. The van der Waals surface area contributed by atoms with E-state index in [9.17, 15) is 4.79 Å². The number of H-pyrrole nitrogens is 1. The maximum atomic E-state index is 12.5. The Morgan fingerprint density at radius 3 is 2.48 bits per heavy atom. The summed E-state index contributed by atoms with van der Waals surface area (Å²) < 4.78 is 5.65. The molecule has 0 atom stereocenters. The number of nitrogens with zero attached hydrogens (tertiary/aromatic N) is 3. The number of piperazine rings is 1. The molecule has 1 aliphatic rings. The van der Waals surface area contributed by atoms with Crippen molar-refractivity contribution in [2.75, 3.05) is 43.0 Å². The SMILES string of the molecule is CCCCOc1ccc(NC(=O)N2CCN(c3c(C)n[nH]c3C)CC2)cc1. The van der Waals surface area contributed by atoms with Crippen molar-refractivity contribution in [1.29, 1.82) is 0 Å². The number of hydrogen-bond donors (Lipinski definition) is 2. The van der Waals surface area contributed by atoms with Gasteiger partial charge in [0.25, 0.3) is 0 Å². The maximum absolute atomic E-state index is 12.5. The monoisotopic (exact) mass is 371 g/mol. The van der Waals surface area contributed by atoms with Crippen LogP contribution in [0.2, 0.25) is 0 Å². The zero-order valence-corrected chi connectivity index (χ0v) is 16.4. The quantitative estimate of drug-likeness (QED) is 0.762. The minimum Gasteiger partial charge on any atom is -0.494 e. The second kappa shape index (κ2) is 8.79. The predicted molar refractivity (Wildman–Crippen MR) is 108 cm³/mol. The standard InChI is InChI=1S/C20H29N5O2/c1-4-5-14-27-18-8-6-17(7-9-18)21-20(26)25-12-10-24(11-13-25)19-15(2)22-23-16(19)3/h6-9H,4-5,10-14H2,1-3H3,(H,21,26)(H,22,23). The molecule has 0 radical (unpaired) electrons. The lowest BCUT2D eigenvalue weighted by Crippen LogP contribution is -2.50. The molecule has 1 aromatic heterocycles. The minimum absolute atomic E-state index is 0.0602. The van der Waals surface area contributed by atoms with Gasteiger partial charge in [-0.2, -0.15) is 5.10 Å².